The fraction of sp³-hybridized carbons (Fsp3) is 0.231. The van der Waals surface area contributed by atoms with Gasteiger partial charge in [-0.15, -0.1) is 0 Å². The number of nitrogens with one attached hydrogen (secondary N) is 1. The zero-order valence-electron chi connectivity index (χ0n) is 19.7. The van der Waals surface area contributed by atoms with Crippen molar-refractivity contribution >= 4 is 34.5 Å². The zero-order chi connectivity index (χ0) is 25.7. The molecule has 1 aliphatic carbocycles. The maximum atomic E-state index is 13.4. The Balaban J connectivity index is 1.34. The van der Waals surface area contributed by atoms with E-state index in [1.807, 2.05) is 9.58 Å². The summed E-state index contributed by atoms with van der Waals surface area (Å²) in [5.41, 5.74) is 8.57. The van der Waals surface area contributed by atoms with E-state index in [9.17, 15) is 14.0 Å². The summed E-state index contributed by atoms with van der Waals surface area (Å²) in [5.74, 6) is -0.172. The van der Waals surface area contributed by atoms with Crippen LogP contribution in [0.15, 0.2) is 61.6 Å². The van der Waals surface area contributed by atoms with Gasteiger partial charge in [0.15, 0.2) is 5.65 Å². The van der Waals surface area contributed by atoms with Crippen molar-refractivity contribution in [3.63, 3.8) is 0 Å². The summed E-state index contributed by atoms with van der Waals surface area (Å²) in [6, 6.07) is 9.14. The number of hydrogen-bond acceptors (Lipinski definition) is 7. The van der Waals surface area contributed by atoms with Crippen molar-refractivity contribution in [2.45, 2.75) is 24.9 Å². The predicted molar refractivity (Wildman–Crippen MR) is 135 cm³/mol. The van der Waals surface area contributed by atoms with E-state index in [0.717, 1.165) is 31.0 Å². The number of pyridine rings is 1. The highest BCUT2D eigenvalue weighted by atomic mass is 19.1. The molecule has 1 unspecified atom stereocenters. The number of aromatic nitrogens is 5. The summed E-state index contributed by atoms with van der Waals surface area (Å²) in [4.78, 5) is 39.5. The van der Waals surface area contributed by atoms with Crippen LogP contribution in [0.4, 0.5) is 16.0 Å². The van der Waals surface area contributed by atoms with E-state index >= 15 is 0 Å². The van der Waals surface area contributed by atoms with Crippen molar-refractivity contribution in [2.75, 3.05) is 17.6 Å². The standard InChI is InChI=1S/C26H23FN8O2/c1-2-21(36)34-12-14-9-18(34)19(10-14)35-25-22(24(28)30-13-31-25)23(33-35)15-3-5-16(6-4-15)26(37)32-20-11-17(27)7-8-29-20/h2-8,11,13-14,18-19H,1,9-10,12H2,(H2,28,30,31)(H,29,32,37)/t14-,18-,19?/m1/s1. The quantitative estimate of drug-likeness (QED) is 0.404. The molecule has 1 aromatic carbocycles. The first-order valence-corrected chi connectivity index (χ1v) is 11.9. The number of carbonyl (C=O) groups excluding carboxylic acids is 2. The summed E-state index contributed by atoms with van der Waals surface area (Å²) in [6.45, 7) is 4.37. The Morgan fingerprint density at radius 1 is 1.11 bits per heavy atom. The lowest BCUT2D eigenvalue weighted by atomic mass is 10.1. The number of carbonyl (C=O) groups is 2. The first kappa shape index (κ1) is 22.8. The maximum Gasteiger partial charge on any atom is 0.256 e. The van der Waals surface area contributed by atoms with Crippen molar-refractivity contribution in [3.8, 4) is 11.3 Å². The summed E-state index contributed by atoms with van der Waals surface area (Å²) in [7, 11) is 0. The number of piperidine rings is 1. The van der Waals surface area contributed by atoms with E-state index in [4.69, 9.17) is 10.8 Å². The molecule has 1 saturated carbocycles. The summed E-state index contributed by atoms with van der Waals surface area (Å²) < 4.78 is 15.3. The molecule has 3 atom stereocenters. The second-order valence-corrected chi connectivity index (χ2v) is 9.31. The number of anilines is 2. The molecule has 0 spiro atoms. The molecule has 37 heavy (non-hydrogen) atoms. The number of nitrogens with zero attached hydrogens (tertiary/aromatic N) is 6. The van der Waals surface area contributed by atoms with Gasteiger partial charge in [0.25, 0.3) is 5.91 Å². The van der Waals surface area contributed by atoms with Gasteiger partial charge in [0.1, 0.15) is 29.5 Å². The van der Waals surface area contributed by atoms with Gasteiger partial charge in [0, 0.05) is 29.9 Å². The van der Waals surface area contributed by atoms with Crippen LogP contribution in [0.3, 0.4) is 0 Å². The Hall–Kier alpha value is -4.67. The van der Waals surface area contributed by atoms with Crippen molar-refractivity contribution in [3.05, 3.63) is 73.0 Å². The molecule has 2 bridgehead atoms. The minimum absolute atomic E-state index is 0.00476. The topological polar surface area (TPSA) is 132 Å². The zero-order valence-corrected chi connectivity index (χ0v) is 19.7. The molecular formula is C26H23FN8O2. The highest BCUT2D eigenvalue weighted by Gasteiger charge is 2.48. The Kier molecular flexibility index (Phi) is 5.40. The highest BCUT2D eigenvalue weighted by molar-refractivity contribution is 6.04. The molecule has 10 nitrogen and oxygen atoms in total. The average molecular weight is 499 g/mol. The summed E-state index contributed by atoms with van der Waals surface area (Å²) >= 11 is 0. The number of fused-ring (bicyclic) bond motifs is 3. The lowest BCUT2D eigenvalue weighted by Crippen LogP contribution is -2.42. The van der Waals surface area contributed by atoms with E-state index < -0.39 is 11.7 Å². The van der Waals surface area contributed by atoms with Crippen LogP contribution in [-0.4, -0.2) is 54.0 Å². The van der Waals surface area contributed by atoms with Crippen LogP contribution >= 0.6 is 0 Å². The Bertz CT molecular complexity index is 1550. The van der Waals surface area contributed by atoms with Gasteiger partial charge < -0.3 is 16.0 Å². The molecule has 1 saturated heterocycles. The van der Waals surface area contributed by atoms with Gasteiger partial charge >= 0.3 is 0 Å². The Morgan fingerprint density at radius 2 is 1.89 bits per heavy atom. The van der Waals surface area contributed by atoms with E-state index in [1.54, 1.807) is 24.3 Å². The van der Waals surface area contributed by atoms with Crippen molar-refractivity contribution < 1.29 is 14.0 Å². The molecule has 2 fully saturated rings. The fourth-order valence-corrected chi connectivity index (χ4v) is 5.49. The predicted octanol–water partition coefficient (Wildman–Crippen LogP) is 3.21. The summed E-state index contributed by atoms with van der Waals surface area (Å²) in [5, 5.41) is 8.11. The third-order valence-corrected chi connectivity index (χ3v) is 7.12. The number of benzene rings is 1. The molecule has 0 radical (unpaired) electrons. The molecule has 186 valence electrons. The third kappa shape index (κ3) is 3.88. The van der Waals surface area contributed by atoms with Gasteiger partial charge in [0.05, 0.1) is 17.5 Å². The molecule has 3 N–H and O–H groups in total. The summed E-state index contributed by atoms with van der Waals surface area (Å²) in [6.07, 6.45) is 5.84. The molecule has 11 heteroatoms. The van der Waals surface area contributed by atoms with Crippen LogP contribution in [0.1, 0.15) is 29.2 Å². The van der Waals surface area contributed by atoms with Crippen LogP contribution in [0.2, 0.25) is 0 Å². The monoisotopic (exact) mass is 498 g/mol. The van der Waals surface area contributed by atoms with Crippen molar-refractivity contribution in [1.29, 1.82) is 0 Å². The number of likely N-dealkylation sites (tertiary alicyclic amines) is 1. The van der Waals surface area contributed by atoms with Gasteiger partial charge in [0.2, 0.25) is 5.91 Å². The van der Waals surface area contributed by atoms with E-state index in [1.165, 1.54) is 24.7 Å². The van der Waals surface area contributed by atoms with Crippen molar-refractivity contribution in [2.24, 2.45) is 5.92 Å². The number of hydrogen-bond donors (Lipinski definition) is 2. The van der Waals surface area contributed by atoms with Gasteiger partial charge in [-0.25, -0.2) is 24.0 Å². The van der Waals surface area contributed by atoms with Gasteiger partial charge in [-0.3, -0.25) is 9.59 Å². The number of nitrogens with two attached hydrogens (primary N) is 1. The third-order valence-electron chi connectivity index (χ3n) is 7.12. The number of nitrogen functional groups attached to an aromatic ring is 1. The van der Waals surface area contributed by atoms with Crippen LogP contribution in [0.5, 0.6) is 0 Å². The van der Waals surface area contributed by atoms with Gasteiger partial charge in [-0.05, 0) is 43.0 Å². The van der Waals surface area contributed by atoms with E-state index in [-0.39, 0.29) is 23.8 Å². The smallest absolute Gasteiger partial charge is 0.256 e. The molecule has 2 amide bonds. The first-order valence-electron chi connectivity index (χ1n) is 11.9. The number of rotatable bonds is 5. The minimum atomic E-state index is -0.490. The SMILES string of the molecule is C=CC(=O)N1C[C@H]2CC(n3nc(-c4ccc(C(=O)Nc5cc(F)ccn5)cc4)c4c(N)ncnc43)[C@H]1C2. The van der Waals surface area contributed by atoms with E-state index in [0.29, 0.717) is 34.0 Å². The average Bonchev–Trinajstić information content (AvgIpc) is 3.62. The van der Waals surface area contributed by atoms with Gasteiger partial charge in [-0.2, -0.15) is 5.10 Å². The lowest BCUT2D eigenvalue weighted by molar-refractivity contribution is -0.128. The fourth-order valence-electron chi connectivity index (χ4n) is 5.49. The molecule has 1 aliphatic heterocycles. The molecule has 4 aromatic rings. The first-order chi connectivity index (χ1) is 17.9. The Labute approximate surface area is 211 Å². The van der Waals surface area contributed by atoms with E-state index in [2.05, 4.69) is 26.8 Å². The number of halogens is 1. The molecule has 3 aromatic heterocycles. The lowest BCUT2D eigenvalue weighted by Gasteiger charge is -2.32. The normalized spacial score (nSPS) is 20.4. The van der Waals surface area contributed by atoms with Crippen molar-refractivity contribution in [1.82, 2.24) is 29.6 Å². The van der Waals surface area contributed by atoms with Crippen LogP contribution in [0, 0.1) is 11.7 Å². The van der Waals surface area contributed by atoms with Gasteiger partial charge in [-0.1, -0.05) is 18.7 Å². The maximum absolute atomic E-state index is 13.4. The molecule has 4 heterocycles. The number of amides is 2. The van der Waals surface area contributed by atoms with Crippen LogP contribution < -0.4 is 11.1 Å². The second kappa shape index (κ2) is 8.77. The minimum Gasteiger partial charge on any atom is -0.383 e. The molecule has 2 aliphatic rings. The van der Waals surface area contributed by atoms with Crippen LogP contribution in [-0.2, 0) is 4.79 Å². The second-order valence-electron chi connectivity index (χ2n) is 9.31. The largest absolute Gasteiger partial charge is 0.383 e. The Morgan fingerprint density at radius 3 is 2.62 bits per heavy atom. The van der Waals surface area contributed by atoms with Crippen LogP contribution in [0.25, 0.3) is 22.3 Å². The molecular weight excluding hydrogens is 475 g/mol. The highest BCUT2D eigenvalue weighted by Crippen LogP contribution is 2.46. The molecule has 6 rings (SSSR count).